The number of piperidine rings is 1. The Morgan fingerprint density at radius 2 is 1.75 bits per heavy atom. The Bertz CT molecular complexity index is 1360. The van der Waals surface area contributed by atoms with Crippen LogP contribution in [-0.2, 0) is 23.0 Å². The van der Waals surface area contributed by atoms with Gasteiger partial charge >= 0.3 is 6.18 Å². The molecule has 0 spiro atoms. The molecule has 13 heteroatoms. The summed E-state index contributed by atoms with van der Waals surface area (Å²) in [6.07, 6.45) is -1.61. The van der Waals surface area contributed by atoms with E-state index in [9.17, 15) is 31.9 Å². The number of hydrogen-bond acceptors (Lipinski definition) is 7. The summed E-state index contributed by atoms with van der Waals surface area (Å²) < 4.78 is 67.3. The third-order valence-electron chi connectivity index (χ3n) is 6.97. The molecule has 1 amide bonds. The van der Waals surface area contributed by atoms with Gasteiger partial charge in [-0.15, -0.1) is 0 Å². The number of anilines is 1. The summed E-state index contributed by atoms with van der Waals surface area (Å²) in [6.45, 7) is 3.76. The van der Waals surface area contributed by atoms with Crippen LogP contribution < -0.4 is 4.90 Å². The highest BCUT2D eigenvalue weighted by Gasteiger charge is 2.37. The summed E-state index contributed by atoms with van der Waals surface area (Å²) >= 11 is 0. The summed E-state index contributed by atoms with van der Waals surface area (Å²) in [5, 5.41) is 11.5. The third-order valence-corrected chi connectivity index (χ3v) is 6.97. The average Bonchev–Trinajstić information content (AvgIpc) is 2.90. The number of alkyl halides is 3. The van der Waals surface area contributed by atoms with Crippen molar-refractivity contribution in [2.45, 2.75) is 50.8 Å². The van der Waals surface area contributed by atoms with Gasteiger partial charge < -0.3 is 14.9 Å². The zero-order chi connectivity index (χ0) is 29.2. The van der Waals surface area contributed by atoms with E-state index in [0.29, 0.717) is 43.0 Å². The van der Waals surface area contributed by atoms with Crippen LogP contribution in [0.3, 0.4) is 0 Å². The number of nitrogens with zero attached hydrogens (tertiary/aromatic N) is 6. The fraction of sp³-hybridized carbons (Fsp3) is 0.444. The summed E-state index contributed by atoms with van der Waals surface area (Å²) in [5.74, 6) is -2.91. The monoisotopic (exact) mass is 564 g/mol. The second kappa shape index (κ2) is 11.4. The number of hydrogen-bond donors (Lipinski definition) is 1. The number of aryl methyl sites for hydroxylation is 1. The number of likely N-dealkylation sites (N-methyl/N-ethyl adjacent to an activating group) is 1. The minimum atomic E-state index is -4.71. The van der Waals surface area contributed by atoms with Gasteiger partial charge in [-0.05, 0) is 44.9 Å². The van der Waals surface area contributed by atoms with Crippen molar-refractivity contribution in [2.24, 2.45) is 0 Å². The van der Waals surface area contributed by atoms with Crippen LogP contribution in [0.1, 0.15) is 54.2 Å². The second-order valence-corrected chi connectivity index (χ2v) is 10.1. The molecule has 214 valence electrons. The van der Waals surface area contributed by atoms with Crippen molar-refractivity contribution in [3.8, 4) is 0 Å². The number of rotatable bonds is 7. The number of halogens is 5. The van der Waals surface area contributed by atoms with E-state index in [0.717, 1.165) is 18.3 Å². The minimum absolute atomic E-state index is 0.0182. The lowest BCUT2D eigenvalue weighted by atomic mass is 9.85. The molecule has 0 aliphatic carbocycles. The second-order valence-electron chi connectivity index (χ2n) is 10.1. The zero-order valence-corrected chi connectivity index (χ0v) is 22.2. The van der Waals surface area contributed by atoms with Crippen molar-refractivity contribution in [2.75, 3.05) is 31.6 Å². The number of amides is 1. The number of aromatic nitrogens is 4. The molecule has 0 radical (unpaired) electrons. The number of carbonyl (C=O) groups excluding carboxylic acids is 1. The highest BCUT2D eigenvalue weighted by atomic mass is 19.4. The van der Waals surface area contributed by atoms with E-state index in [1.165, 1.54) is 37.2 Å². The van der Waals surface area contributed by atoms with Crippen molar-refractivity contribution >= 4 is 11.7 Å². The van der Waals surface area contributed by atoms with Crippen LogP contribution in [0.4, 0.5) is 27.8 Å². The molecular weight excluding hydrogens is 535 g/mol. The smallest absolute Gasteiger partial charge is 0.383 e. The van der Waals surface area contributed by atoms with Crippen molar-refractivity contribution in [3.63, 3.8) is 0 Å². The van der Waals surface area contributed by atoms with Gasteiger partial charge in [0, 0.05) is 49.6 Å². The van der Waals surface area contributed by atoms with E-state index < -0.39 is 35.1 Å². The number of benzene rings is 1. The van der Waals surface area contributed by atoms with Gasteiger partial charge in [-0.2, -0.15) is 13.2 Å². The first-order valence-corrected chi connectivity index (χ1v) is 12.6. The average molecular weight is 565 g/mol. The Hall–Kier alpha value is -3.74. The molecule has 1 N–H and O–H groups in total. The molecule has 0 bridgehead atoms. The number of carbonyl (C=O) groups is 1. The van der Waals surface area contributed by atoms with E-state index in [1.54, 1.807) is 11.8 Å². The van der Waals surface area contributed by atoms with E-state index in [1.807, 2.05) is 0 Å². The van der Waals surface area contributed by atoms with Crippen molar-refractivity contribution in [1.29, 1.82) is 0 Å². The van der Waals surface area contributed by atoms with E-state index in [2.05, 4.69) is 19.9 Å². The predicted octanol–water partition coefficient (Wildman–Crippen LogP) is 4.16. The first-order valence-electron chi connectivity index (χ1n) is 12.6. The lowest BCUT2D eigenvalue weighted by Gasteiger charge is -2.36. The zero-order valence-electron chi connectivity index (χ0n) is 22.2. The highest BCUT2D eigenvalue weighted by Crippen LogP contribution is 2.35. The van der Waals surface area contributed by atoms with Crippen LogP contribution in [0, 0.1) is 18.6 Å². The molecule has 4 rings (SSSR count). The van der Waals surface area contributed by atoms with Gasteiger partial charge in [0.2, 0.25) is 11.7 Å². The van der Waals surface area contributed by atoms with Crippen LogP contribution in [-0.4, -0.2) is 62.5 Å². The fourth-order valence-corrected chi connectivity index (χ4v) is 4.91. The minimum Gasteiger partial charge on any atom is -0.383 e. The van der Waals surface area contributed by atoms with Crippen molar-refractivity contribution in [1.82, 2.24) is 24.8 Å². The molecule has 1 fully saturated rings. The summed E-state index contributed by atoms with van der Waals surface area (Å²) in [5.41, 5.74) is -0.851. The maximum absolute atomic E-state index is 14.0. The highest BCUT2D eigenvalue weighted by molar-refractivity contribution is 5.79. The summed E-state index contributed by atoms with van der Waals surface area (Å²) in [7, 11) is 1.51. The summed E-state index contributed by atoms with van der Waals surface area (Å²) in [6, 6.07) is 4.78. The largest absolute Gasteiger partial charge is 0.451 e. The molecule has 1 saturated heterocycles. The van der Waals surface area contributed by atoms with E-state index in [4.69, 9.17) is 0 Å². The van der Waals surface area contributed by atoms with Gasteiger partial charge in [-0.1, -0.05) is 6.07 Å². The lowest BCUT2D eigenvalue weighted by molar-refractivity contribution is -0.144. The number of aliphatic hydroxyl groups is 1. The Morgan fingerprint density at radius 3 is 2.38 bits per heavy atom. The Morgan fingerprint density at radius 1 is 1.10 bits per heavy atom. The molecule has 40 heavy (non-hydrogen) atoms. The topological polar surface area (TPSA) is 95.3 Å². The first-order chi connectivity index (χ1) is 18.8. The van der Waals surface area contributed by atoms with E-state index >= 15 is 0 Å². The van der Waals surface area contributed by atoms with Gasteiger partial charge in [0.1, 0.15) is 28.9 Å². The first kappa shape index (κ1) is 29.2. The Labute approximate surface area is 227 Å². The molecule has 8 nitrogen and oxygen atoms in total. The van der Waals surface area contributed by atoms with Crippen LogP contribution in [0.15, 0.2) is 36.7 Å². The molecular formula is C27H29F5N6O2. The van der Waals surface area contributed by atoms with Crippen LogP contribution in [0.2, 0.25) is 0 Å². The molecule has 3 heterocycles. The van der Waals surface area contributed by atoms with Gasteiger partial charge in [-0.25, -0.2) is 28.7 Å². The quantitative estimate of drug-likeness (QED) is 0.431. The van der Waals surface area contributed by atoms with Crippen LogP contribution in [0.5, 0.6) is 0 Å². The molecule has 1 aliphatic rings. The van der Waals surface area contributed by atoms with Crippen LogP contribution >= 0.6 is 0 Å². The van der Waals surface area contributed by atoms with Gasteiger partial charge in [0.05, 0.1) is 18.7 Å². The Kier molecular flexibility index (Phi) is 8.33. The fourth-order valence-electron chi connectivity index (χ4n) is 4.91. The molecule has 0 saturated carbocycles. The lowest BCUT2D eigenvalue weighted by Crippen LogP contribution is -2.41. The maximum Gasteiger partial charge on any atom is 0.451 e. The van der Waals surface area contributed by atoms with Crippen molar-refractivity contribution in [3.05, 3.63) is 76.8 Å². The molecule has 1 unspecified atom stereocenters. The van der Waals surface area contributed by atoms with Gasteiger partial charge in [0.25, 0.3) is 0 Å². The third kappa shape index (κ3) is 6.52. The SMILES string of the molecule is Cc1ncc(C(C)(O)CN(C)c2ccnc(C(F)(F)F)n2)c(C2CCN(C(=O)Cc3c(F)cccc3F)CC2)n1. The van der Waals surface area contributed by atoms with Crippen LogP contribution in [0.25, 0.3) is 0 Å². The maximum atomic E-state index is 14.0. The standard InChI is InChI=1S/C27H29F5N6O2/c1-16-34-14-19(26(2,40)15-37(3)22-7-10-33-25(36-22)27(30,31)32)24(35-16)17-8-11-38(12-9-17)23(39)13-18-20(28)5-4-6-21(18)29/h4-7,10,14,17,40H,8-9,11-13,15H2,1-3H3. The van der Waals surface area contributed by atoms with E-state index in [-0.39, 0.29) is 30.3 Å². The normalized spacial score (nSPS) is 16.1. The molecule has 1 aliphatic heterocycles. The van der Waals surface area contributed by atoms with Gasteiger partial charge in [-0.3, -0.25) is 4.79 Å². The summed E-state index contributed by atoms with van der Waals surface area (Å²) in [4.78, 5) is 31.4. The molecule has 1 aromatic carbocycles. The Balaban J connectivity index is 1.48. The molecule has 3 aromatic rings. The molecule has 1 atom stereocenters. The van der Waals surface area contributed by atoms with Gasteiger partial charge in [0.15, 0.2) is 0 Å². The van der Waals surface area contributed by atoms with Crippen molar-refractivity contribution < 1.29 is 31.9 Å². The molecule has 2 aromatic heterocycles. The predicted molar refractivity (Wildman–Crippen MR) is 135 cm³/mol. The number of likely N-dealkylation sites (tertiary alicyclic amines) is 1.